The van der Waals surface area contributed by atoms with Crippen molar-refractivity contribution in [2.45, 2.75) is 13.3 Å². The van der Waals surface area contributed by atoms with Crippen molar-refractivity contribution in [1.29, 1.82) is 0 Å². The SMILES string of the molecule is Cc1cc(N(C)CCc2ccccc2)c(Br)cc1N. The zero-order chi connectivity index (χ0) is 13.8. The van der Waals surface area contributed by atoms with Crippen LogP contribution in [-0.2, 0) is 6.42 Å². The quantitative estimate of drug-likeness (QED) is 0.863. The molecule has 0 saturated heterocycles. The number of nitrogen functional groups attached to an aromatic ring is 1. The van der Waals surface area contributed by atoms with Gasteiger partial charge in [0.25, 0.3) is 0 Å². The summed E-state index contributed by atoms with van der Waals surface area (Å²) in [5, 5.41) is 0. The van der Waals surface area contributed by atoms with Crippen LogP contribution >= 0.6 is 15.9 Å². The Bertz CT molecular complexity index is 552. The van der Waals surface area contributed by atoms with E-state index in [4.69, 9.17) is 5.73 Å². The summed E-state index contributed by atoms with van der Waals surface area (Å²) in [6, 6.07) is 14.6. The molecule has 2 aromatic rings. The minimum absolute atomic E-state index is 0.826. The first-order valence-electron chi connectivity index (χ1n) is 6.38. The normalized spacial score (nSPS) is 10.5. The fourth-order valence-electron chi connectivity index (χ4n) is 2.04. The van der Waals surface area contributed by atoms with E-state index in [1.54, 1.807) is 0 Å². The molecule has 0 amide bonds. The Balaban J connectivity index is 2.08. The topological polar surface area (TPSA) is 29.3 Å². The Hall–Kier alpha value is -1.48. The second kappa shape index (κ2) is 6.11. The van der Waals surface area contributed by atoms with Crippen LogP contribution in [0.4, 0.5) is 11.4 Å². The molecule has 0 atom stereocenters. The van der Waals surface area contributed by atoms with E-state index in [9.17, 15) is 0 Å². The summed E-state index contributed by atoms with van der Waals surface area (Å²) in [7, 11) is 2.11. The fourth-order valence-corrected chi connectivity index (χ4v) is 2.70. The van der Waals surface area contributed by atoms with Gasteiger partial charge in [0.2, 0.25) is 0 Å². The highest BCUT2D eigenvalue weighted by Gasteiger charge is 2.08. The second-order valence-corrected chi connectivity index (χ2v) is 5.67. The molecule has 19 heavy (non-hydrogen) atoms. The minimum Gasteiger partial charge on any atom is -0.398 e. The van der Waals surface area contributed by atoms with Gasteiger partial charge in [-0.05, 0) is 52.5 Å². The Labute approximate surface area is 123 Å². The van der Waals surface area contributed by atoms with Crippen LogP contribution in [0.25, 0.3) is 0 Å². The summed E-state index contributed by atoms with van der Waals surface area (Å²) < 4.78 is 1.05. The lowest BCUT2D eigenvalue weighted by molar-refractivity contribution is 0.874. The molecule has 0 aromatic heterocycles. The van der Waals surface area contributed by atoms with E-state index in [1.807, 2.05) is 19.1 Å². The maximum atomic E-state index is 5.91. The summed E-state index contributed by atoms with van der Waals surface area (Å²) in [6.07, 6.45) is 1.03. The number of likely N-dealkylation sites (N-methyl/N-ethyl adjacent to an activating group) is 1. The van der Waals surface area contributed by atoms with Crippen LogP contribution < -0.4 is 10.6 Å². The molecule has 0 fully saturated rings. The van der Waals surface area contributed by atoms with Gasteiger partial charge in [-0.2, -0.15) is 0 Å². The molecule has 2 rings (SSSR count). The van der Waals surface area contributed by atoms with Crippen molar-refractivity contribution in [3.8, 4) is 0 Å². The molecule has 2 aromatic carbocycles. The van der Waals surface area contributed by atoms with E-state index in [-0.39, 0.29) is 0 Å². The van der Waals surface area contributed by atoms with Gasteiger partial charge in [0.05, 0.1) is 5.69 Å². The predicted molar refractivity (Wildman–Crippen MR) is 86.7 cm³/mol. The summed E-state index contributed by atoms with van der Waals surface area (Å²) in [5.74, 6) is 0. The van der Waals surface area contributed by atoms with E-state index in [0.29, 0.717) is 0 Å². The zero-order valence-electron chi connectivity index (χ0n) is 11.4. The first-order valence-corrected chi connectivity index (χ1v) is 7.18. The highest BCUT2D eigenvalue weighted by atomic mass is 79.9. The van der Waals surface area contributed by atoms with Gasteiger partial charge in [-0.3, -0.25) is 0 Å². The van der Waals surface area contributed by atoms with Gasteiger partial charge in [-0.1, -0.05) is 30.3 Å². The minimum atomic E-state index is 0.826. The Morgan fingerprint density at radius 1 is 1.16 bits per heavy atom. The number of hydrogen-bond donors (Lipinski definition) is 1. The van der Waals surface area contributed by atoms with E-state index in [2.05, 4.69) is 58.2 Å². The van der Waals surface area contributed by atoms with Crippen LogP contribution in [0.1, 0.15) is 11.1 Å². The highest BCUT2D eigenvalue weighted by molar-refractivity contribution is 9.10. The van der Waals surface area contributed by atoms with Crippen LogP contribution in [0, 0.1) is 6.92 Å². The molecular weight excluding hydrogens is 300 g/mol. The molecule has 0 unspecified atom stereocenters. The van der Waals surface area contributed by atoms with Crippen molar-refractivity contribution in [2.75, 3.05) is 24.2 Å². The smallest absolute Gasteiger partial charge is 0.0512 e. The van der Waals surface area contributed by atoms with Crippen LogP contribution in [0.3, 0.4) is 0 Å². The van der Waals surface area contributed by atoms with Gasteiger partial charge >= 0.3 is 0 Å². The first kappa shape index (κ1) is 13.9. The molecule has 0 radical (unpaired) electrons. The molecule has 0 aliphatic carbocycles. The molecular formula is C16H19BrN2. The van der Waals surface area contributed by atoms with Gasteiger partial charge in [0, 0.05) is 23.8 Å². The Morgan fingerprint density at radius 2 is 1.84 bits per heavy atom. The molecule has 3 heteroatoms. The van der Waals surface area contributed by atoms with E-state index in [0.717, 1.165) is 28.7 Å². The molecule has 100 valence electrons. The molecule has 0 bridgehead atoms. The summed E-state index contributed by atoms with van der Waals surface area (Å²) in [5.41, 5.74) is 10.4. The third kappa shape index (κ3) is 3.51. The fraction of sp³-hybridized carbons (Fsp3) is 0.250. The van der Waals surface area contributed by atoms with Crippen molar-refractivity contribution < 1.29 is 0 Å². The standard InChI is InChI=1S/C16H19BrN2/c1-12-10-16(14(17)11-15(12)18)19(2)9-8-13-6-4-3-5-7-13/h3-7,10-11H,8-9,18H2,1-2H3. The molecule has 0 saturated carbocycles. The van der Waals surface area contributed by atoms with Gasteiger partial charge in [-0.15, -0.1) is 0 Å². The van der Waals surface area contributed by atoms with E-state index < -0.39 is 0 Å². The van der Waals surface area contributed by atoms with Crippen LogP contribution in [0.2, 0.25) is 0 Å². The number of aryl methyl sites for hydroxylation is 1. The maximum Gasteiger partial charge on any atom is 0.0512 e. The van der Waals surface area contributed by atoms with Gasteiger partial charge in [0.1, 0.15) is 0 Å². The number of hydrogen-bond acceptors (Lipinski definition) is 2. The average molecular weight is 319 g/mol. The lowest BCUT2D eigenvalue weighted by Gasteiger charge is -2.22. The monoisotopic (exact) mass is 318 g/mol. The molecule has 2 nitrogen and oxygen atoms in total. The maximum absolute atomic E-state index is 5.91. The molecule has 0 heterocycles. The van der Waals surface area contributed by atoms with E-state index in [1.165, 1.54) is 11.3 Å². The van der Waals surface area contributed by atoms with Gasteiger partial charge in [-0.25, -0.2) is 0 Å². The third-order valence-corrected chi connectivity index (χ3v) is 3.96. The van der Waals surface area contributed by atoms with Crippen molar-refractivity contribution in [3.63, 3.8) is 0 Å². The molecule has 0 aliphatic rings. The number of rotatable bonds is 4. The lowest BCUT2D eigenvalue weighted by atomic mass is 10.1. The molecule has 0 spiro atoms. The third-order valence-electron chi connectivity index (χ3n) is 3.33. The number of nitrogens with zero attached hydrogens (tertiary/aromatic N) is 1. The first-order chi connectivity index (χ1) is 9.08. The second-order valence-electron chi connectivity index (χ2n) is 4.82. The predicted octanol–water partition coefficient (Wildman–Crippen LogP) is 4.02. The Kier molecular flexibility index (Phi) is 4.48. The van der Waals surface area contributed by atoms with Crippen LogP contribution in [-0.4, -0.2) is 13.6 Å². The Morgan fingerprint density at radius 3 is 2.53 bits per heavy atom. The van der Waals surface area contributed by atoms with Crippen LogP contribution in [0.15, 0.2) is 46.9 Å². The van der Waals surface area contributed by atoms with Crippen molar-refractivity contribution in [3.05, 3.63) is 58.1 Å². The van der Waals surface area contributed by atoms with E-state index >= 15 is 0 Å². The molecule has 0 aliphatic heterocycles. The zero-order valence-corrected chi connectivity index (χ0v) is 12.9. The van der Waals surface area contributed by atoms with Crippen LogP contribution in [0.5, 0.6) is 0 Å². The number of halogens is 1. The van der Waals surface area contributed by atoms with Gasteiger partial charge in [0.15, 0.2) is 0 Å². The number of benzene rings is 2. The lowest BCUT2D eigenvalue weighted by Crippen LogP contribution is -2.21. The van der Waals surface area contributed by atoms with Gasteiger partial charge < -0.3 is 10.6 Å². The average Bonchev–Trinajstić information content (AvgIpc) is 2.41. The number of nitrogens with two attached hydrogens (primary N) is 1. The largest absolute Gasteiger partial charge is 0.398 e. The van der Waals surface area contributed by atoms with Crippen molar-refractivity contribution in [1.82, 2.24) is 0 Å². The molecule has 2 N–H and O–H groups in total. The highest BCUT2D eigenvalue weighted by Crippen LogP contribution is 2.30. The van der Waals surface area contributed by atoms with Crippen molar-refractivity contribution in [2.24, 2.45) is 0 Å². The summed E-state index contributed by atoms with van der Waals surface area (Å²) in [4.78, 5) is 2.25. The summed E-state index contributed by atoms with van der Waals surface area (Å²) in [6.45, 7) is 3.02. The number of anilines is 2. The van der Waals surface area contributed by atoms with Crippen molar-refractivity contribution >= 4 is 27.3 Å². The summed E-state index contributed by atoms with van der Waals surface area (Å²) >= 11 is 3.59.